The number of fused-ring (bicyclic) bond motifs is 1. The van der Waals surface area contributed by atoms with Crippen LogP contribution in [0, 0.1) is 13.8 Å². The number of esters is 1. The van der Waals surface area contributed by atoms with Crippen LogP contribution in [0.1, 0.15) is 30.0 Å². The van der Waals surface area contributed by atoms with Crippen LogP contribution in [0.2, 0.25) is 0 Å². The molecule has 0 aromatic heterocycles. The minimum atomic E-state index is -0.226. The van der Waals surface area contributed by atoms with Crippen molar-refractivity contribution in [2.75, 3.05) is 4.31 Å². The summed E-state index contributed by atoms with van der Waals surface area (Å²) in [5, 5.41) is 0. The Balaban J connectivity index is 1.94. The Bertz CT molecular complexity index is 745. The monoisotopic (exact) mass is 329 g/mol. The summed E-state index contributed by atoms with van der Waals surface area (Å²) in [6, 6.07) is 11.8. The Morgan fingerprint density at radius 1 is 1.26 bits per heavy atom. The van der Waals surface area contributed by atoms with Gasteiger partial charge in [-0.25, -0.2) is 0 Å². The van der Waals surface area contributed by atoms with Crippen molar-refractivity contribution < 1.29 is 13.7 Å². The van der Waals surface area contributed by atoms with E-state index in [2.05, 4.69) is 17.3 Å². The van der Waals surface area contributed by atoms with Gasteiger partial charge >= 0.3 is 5.97 Å². The fourth-order valence-electron chi connectivity index (χ4n) is 2.60. The molecule has 5 heteroatoms. The molecule has 1 aliphatic heterocycles. The van der Waals surface area contributed by atoms with Crippen LogP contribution in [0.5, 0.6) is 11.5 Å². The Labute approximate surface area is 140 Å². The molecule has 0 aliphatic carbocycles. The minimum absolute atomic E-state index is 0.226. The first-order valence-corrected chi connectivity index (χ1v) is 8.31. The lowest BCUT2D eigenvalue weighted by molar-refractivity contribution is -0.134. The van der Waals surface area contributed by atoms with Crippen LogP contribution < -0.4 is 13.2 Å². The van der Waals surface area contributed by atoms with Gasteiger partial charge in [0.25, 0.3) is 0 Å². The van der Waals surface area contributed by atoms with Crippen molar-refractivity contribution >= 4 is 23.9 Å². The fourth-order valence-corrected chi connectivity index (χ4v) is 3.48. The van der Waals surface area contributed by atoms with Crippen molar-refractivity contribution in [3.8, 4) is 11.5 Å². The van der Waals surface area contributed by atoms with Gasteiger partial charge in [0.1, 0.15) is 11.5 Å². The predicted octanol–water partition coefficient (Wildman–Crippen LogP) is 4.58. The number of hydrogen-bond donors (Lipinski definition) is 0. The molecule has 0 saturated carbocycles. The van der Waals surface area contributed by atoms with Crippen LogP contribution in [0.15, 0.2) is 36.4 Å². The number of para-hydroxylation sites is 1. The Hall–Kier alpha value is -2.14. The van der Waals surface area contributed by atoms with Gasteiger partial charge in [-0.3, -0.25) is 9.10 Å². The fraction of sp³-hybridized carbons (Fsp3) is 0.278. The number of rotatable bonds is 3. The molecule has 1 aliphatic rings. The van der Waals surface area contributed by atoms with Crippen LogP contribution in [-0.4, -0.2) is 5.97 Å². The van der Waals surface area contributed by atoms with Gasteiger partial charge in [-0.2, -0.15) is 0 Å². The predicted molar refractivity (Wildman–Crippen MR) is 92.7 cm³/mol. The molecule has 120 valence electrons. The zero-order chi connectivity index (χ0) is 16.4. The highest BCUT2D eigenvalue weighted by Gasteiger charge is 2.23. The van der Waals surface area contributed by atoms with Gasteiger partial charge in [-0.15, -0.1) is 0 Å². The summed E-state index contributed by atoms with van der Waals surface area (Å²) in [6.07, 6.45) is 0.359. The molecule has 23 heavy (non-hydrogen) atoms. The molecule has 0 radical (unpaired) electrons. The lowest BCUT2D eigenvalue weighted by Gasteiger charge is -2.30. The summed E-state index contributed by atoms with van der Waals surface area (Å²) < 4.78 is 13.3. The van der Waals surface area contributed by atoms with Crippen molar-refractivity contribution in [3.63, 3.8) is 0 Å². The van der Waals surface area contributed by atoms with E-state index in [9.17, 15) is 4.79 Å². The minimum Gasteiger partial charge on any atom is -0.426 e. The van der Waals surface area contributed by atoms with E-state index in [1.807, 2.05) is 37.3 Å². The number of nitrogens with zero attached hydrogens (tertiary/aromatic N) is 1. The lowest BCUT2D eigenvalue weighted by Crippen LogP contribution is -2.22. The van der Waals surface area contributed by atoms with E-state index in [0.717, 1.165) is 34.7 Å². The van der Waals surface area contributed by atoms with Crippen molar-refractivity contribution in [1.29, 1.82) is 0 Å². The van der Waals surface area contributed by atoms with Crippen molar-refractivity contribution in [1.82, 2.24) is 0 Å². The molecule has 2 aromatic carbocycles. The van der Waals surface area contributed by atoms with E-state index in [0.29, 0.717) is 12.2 Å². The van der Waals surface area contributed by atoms with Gasteiger partial charge < -0.3 is 8.92 Å². The topological polar surface area (TPSA) is 38.8 Å². The van der Waals surface area contributed by atoms with E-state index in [1.54, 1.807) is 6.92 Å². The second-order valence-electron chi connectivity index (χ2n) is 5.48. The summed E-state index contributed by atoms with van der Waals surface area (Å²) in [5.41, 5.74) is 4.24. The second-order valence-corrected chi connectivity index (χ2v) is 6.24. The Morgan fingerprint density at radius 3 is 2.83 bits per heavy atom. The van der Waals surface area contributed by atoms with Gasteiger partial charge in [0.05, 0.1) is 12.2 Å². The first kappa shape index (κ1) is 15.7. The Kier molecular flexibility index (Phi) is 4.48. The van der Waals surface area contributed by atoms with Crippen LogP contribution >= 0.6 is 12.2 Å². The molecule has 0 N–H and O–H groups in total. The Morgan fingerprint density at radius 2 is 2.04 bits per heavy atom. The van der Waals surface area contributed by atoms with Crippen molar-refractivity contribution in [2.45, 2.75) is 33.7 Å². The van der Waals surface area contributed by atoms with E-state index in [4.69, 9.17) is 8.92 Å². The number of carbonyl (C=O) groups is 1. The van der Waals surface area contributed by atoms with Crippen LogP contribution in [-0.2, 0) is 11.3 Å². The maximum Gasteiger partial charge on any atom is 0.310 e. The van der Waals surface area contributed by atoms with Crippen LogP contribution in [0.25, 0.3) is 0 Å². The third-order valence-corrected chi connectivity index (χ3v) is 4.59. The first-order valence-electron chi connectivity index (χ1n) is 7.61. The van der Waals surface area contributed by atoms with Gasteiger partial charge in [0.2, 0.25) is 0 Å². The van der Waals surface area contributed by atoms with E-state index < -0.39 is 0 Å². The highest BCUT2D eigenvalue weighted by molar-refractivity contribution is 7.96. The summed E-state index contributed by atoms with van der Waals surface area (Å²) in [4.78, 5) is 11.6. The number of aryl methyl sites for hydroxylation is 1. The number of anilines is 1. The average Bonchev–Trinajstić information content (AvgIpc) is 2.57. The number of hydrogen-bond acceptors (Lipinski definition) is 5. The molecule has 0 fully saturated rings. The van der Waals surface area contributed by atoms with Gasteiger partial charge in [0, 0.05) is 17.5 Å². The molecule has 0 unspecified atom stereocenters. The molecule has 0 saturated heterocycles. The normalized spacial score (nSPS) is 13.3. The molecule has 4 nitrogen and oxygen atoms in total. The zero-order valence-corrected chi connectivity index (χ0v) is 14.3. The molecule has 0 bridgehead atoms. The quantitative estimate of drug-likeness (QED) is 0.357. The smallest absolute Gasteiger partial charge is 0.310 e. The van der Waals surface area contributed by atoms with Crippen molar-refractivity contribution in [3.05, 3.63) is 53.1 Å². The third-order valence-electron chi connectivity index (χ3n) is 3.85. The molecule has 2 aromatic rings. The summed E-state index contributed by atoms with van der Waals surface area (Å²) >= 11 is 1.31. The first-order chi connectivity index (χ1) is 11.1. The molecular weight excluding hydrogens is 310 g/mol. The third kappa shape index (κ3) is 3.15. The summed E-state index contributed by atoms with van der Waals surface area (Å²) in [6.45, 7) is 6.56. The number of benzene rings is 2. The van der Waals surface area contributed by atoms with Gasteiger partial charge in [-0.05, 0) is 31.5 Å². The maximum atomic E-state index is 11.6. The zero-order valence-electron chi connectivity index (χ0n) is 13.5. The van der Waals surface area contributed by atoms with Crippen LogP contribution in [0.3, 0.4) is 0 Å². The summed E-state index contributed by atoms with van der Waals surface area (Å²) in [5.74, 6) is 1.28. The molecule has 0 amide bonds. The molecule has 3 rings (SSSR count). The largest absolute Gasteiger partial charge is 0.426 e. The highest BCUT2D eigenvalue weighted by atomic mass is 32.2. The highest BCUT2D eigenvalue weighted by Crippen LogP contribution is 2.41. The number of carbonyl (C=O) groups excluding carboxylic acids is 1. The molecular formula is C18H19NO3S. The molecule has 0 atom stereocenters. The number of ether oxygens (including phenoxy) is 1. The standard InChI is InChI=1S/C18H19NO3S/c1-4-17(20)21-15-10-9-12(2)18(13(15)3)19-11-14-7-5-6-8-16(14)22-23-19/h5-10H,4,11H2,1-3H3. The van der Waals surface area contributed by atoms with E-state index in [1.165, 1.54) is 12.2 Å². The summed E-state index contributed by atoms with van der Waals surface area (Å²) in [7, 11) is 0. The van der Waals surface area contributed by atoms with Crippen molar-refractivity contribution in [2.24, 2.45) is 0 Å². The molecule has 1 heterocycles. The average molecular weight is 329 g/mol. The SMILES string of the molecule is CCC(=O)Oc1ccc(C)c(N2Cc3ccccc3OS2)c1C. The second kappa shape index (κ2) is 6.54. The van der Waals surface area contributed by atoms with Gasteiger partial charge in [-0.1, -0.05) is 31.2 Å². The van der Waals surface area contributed by atoms with E-state index in [-0.39, 0.29) is 5.97 Å². The maximum absolute atomic E-state index is 11.6. The van der Waals surface area contributed by atoms with E-state index >= 15 is 0 Å². The van der Waals surface area contributed by atoms with Crippen LogP contribution in [0.4, 0.5) is 5.69 Å². The van der Waals surface area contributed by atoms with Gasteiger partial charge in [0.15, 0.2) is 12.2 Å². The molecule has 0 spiro atoms. The lowest BCUT2D eigenvalue weighted by atomic mass is 10.1.